The SMILES string of the molecule is COc1ccc(C2C3=C(NC(=O)C2c2ccccc2)c2ccccc2C3)cc1. The summed E-state index contributed by atoms with van der Waals surface area (Å²) in [7, 11) is 1.67. The minimum absolute atomic E-state index is 0.00413. The van der Waals surface area contributed by atoms with Crippen molar-refractivity contribution in [3.05, 3.63) is 107 Å². The Bertz CT molecular complexity index is 1070. The van der Waals surface area contributed by atoms with Crippen molar-refractivity contribution in [2.45, 2.75) is 18.3 Å². The van der Waals surface area contributed by atoms with Gasteiger partial charge < -0.3 is 10.1 Å². The summed E-state index contributed by atoms with van der Waals surface area (Å²) in [5, 5.41) is 3.22. The molecule has 0 bridgehead atoms. The van der Waals surface area contributed by atoms with Crippen LogP contribution >= 0.6 is 0 Å². The topological polar surface area (TPSA) is 38.3 Å². The lowest BCUT2D eigenvalue weighted by atomic mass is 9.73. The van der Waals surface area contributed by atoms with Gasteiger partial charge in [0.05, 0.1) is 13.0 Å². The van der Waals surface area contributed by atoms with Gasteiger partial charge in [0.15, 0.2) is 0 Å². The van der Waals surface area contributed by atoms with Crippen LogP contribution in [0.3, 0.4) is 0 Å². The van der Waals surface area contributed by atoms with E-state index in [2.05, 4.69) is 47.8 Å². The molecule has 0 aromatic heterocycles. The molecule has 28 heavy (non-hydrogen) atoms. The zero-order valence-electron chi connectivity index (χ0n) is 15.7. The van der Waals surface area contributed by atoms with Crippen LogP contribution in [0.2, 0.25) is 0 Å². The van der Waals surface area contributed by atoms with Crippen LogP contribution in [0, 0.1) is 0 Å². The minimum Gasteiger partial charge on any atom is -0.497 e. The molecule has 3 aromatic carbocycles. The van der Waals surface area contributed by atoms with E-state index in [1.807, 2.05) is 36.4 Å². The first-order chi connectivity index (χ1) is 13.8. The van der Waals surface area contributed by atoms with Gasteiger partial charge in [-0.15, -0.1) is 0 Å². The molecule has 3 nitrogen and oxygen atoms in total. The van der Waals surface area contributed by atoms with Gasteiger partial charge in [-0.05, 0) is 40.8 Å². The Morgan fingerprint density at radius 1 is 0.821 bits per heavy atom. The molecule has 5 rings (SSSR count). The number of hydrogen-bond donors (Lipinski definition) is 1. The van der Waals surface area contributed by atoms with Crippen molar-refractivity contribution in [2.75, 3.05) is 7.11 Å². The number of rotatable bonds is 3. The number of hydrogen-bond acceptors (Lipinski definition) is 2. The molecule has 2 unspecified atom stereocenters. The summed E-state index contributed by atoms with van der Waals surface area (Å²) in [5.41, 5.74) is 6.90. The number of amides is 1. The summed E-state index contributed by atoms with van der Waals surface area (Å²) in [6, 6.07) is 26.6. The van der Waals surface area contributed by atoms with Gasteiger partial charge in [0, 0.05) is 17.2 Å². The normalized spacial score (nSPS) is 20.4. The molecule has 0 spiro atoms. The maximum Gasteiger partial charge on any atom is 0.232 e. The Balaban J connectivity index is 1.68. The van der Waals surface area contributed by atoms with Crippen molar-refractivity contribution in [3.63, 3.8) is 0 Å². The van der Waals surface area contributed by atoms with Crippen LogP contribution in [0.1, 0.15) is 34.1 Å². The lowest BCUT2D eigenvalue weighted by Crippen LogP contribution is -2.37. The van der Waals surface area contributed by atoms with Crippen LogP contribution in [0.25, 0.3) is 5.70 Å². The van der Waals surface area contributed by atoms with Crippen LogP contribution in [-0.2, 0) is 11.2 Å². The van der Waals surface area contributed by atoms with E-state index < -0.39 is 0 Å². The maximum absolute atomic E-state index is 13.3. The van der Waals surface area contributed by atoms with E-state index in [9.17, 15) is 4.79 Å². The van der Waals surface area contributed by atoms with Gasteiger partial charge in [-0.3, -0.25) is 4.79 Å². The van der Waals surface area contributed by atoms with E-state index in [0.29, 0.717) is 0 Å². The van der Waals surface area contributed by atoms with Crippen LogP contribution in [0.15, 0.2) is 84.4 Å². The number of fused-ring (bicyclic) bond motifs is 2. The number of ether oxygens (including phenoxy) is 1. The first kappa shape index (κ1) is 16.8. The Labute approximate surface area is 164 Å². The molecule has 1 N–H and O–H groups in total. The average molecular weight is 367 g/mol. The lowest BCUT2D eigenvalue weighted by Gasteiger charge is -2.34. The van der Waals surface area contributed by atoms with Crippen LogP contribution in [0.5, 0.6) is 5.75 Å². The first-order valence-electron chi connectivity index (χ1n) is 9.57. The zero-order valence-corrected chi connectivity index (χ0v) is 15.7. The molecule has 0 fully saturated rings. The molecule has 1 aliphatic heterocycles. The van der Waals surface area contributed by atoms with Crippen LogP contribution in [-0.4, -0.2) is 13.0 Å². The van der Waals surface area contributed by atoms with E-state index in [1.54, 1.807) is 7.11 Å². The Hall–Kier alpha value is -3.33. The molecule has 0 saturated carbocycles. The third-order valence-corrected chi connectivity index (χ3v) is 5.86. The first-order valence-corrected chi connectivity index (χ1v) is 9.57. The Morgan fingerprint density at radius 3 is 2.25 bits per heavy atom. The summed E-state index contributed by atoms with van der Waals surface area (Å²) in [4.78, 5) is 13.3. The maximum atomic E-state index is 13.3. The van der Waals surface area contributed by atoms with E-state index in [1.165, 1.54) is 11.1 Å². The van der Waals surface area contributed by atoms with Crippen molar-refractivity contribution in [1.29, 1.82) is 0 Å². The van der Waals surface area contributed by atoms with Crippen LogP contribution < -0.4 is 10.1 Å². The second-order valence-electron chi connectivity index (χ2n) is 7.36. The van der Waals surface area contributed by atoms with Crippen molar-refractivity contribution < 1.29 is 9.53 Å². The number of benzene rings is 3. The van der Waals surface area contributed by atoms with Gasteiger partial charge in [-0.1, -0.05) is 66.7 Å². The second kappa shape index (κ2) is 6.68. The molecule has 2 atom stereocenters. The number of carbonyl (C=O) groups is 1. The van der Waals surface area contributed by atoms with E-state index >= 15 is 0 Å². The van der Waals surface area contributed by atoms with E-state index in [-0.39, 0.29) is 17.7 Å². The third-order valence-electron chi connectivity index (χ3n) is 5.86. The average Bonchev–Trinajstić information content (AvgIpc) is 3.12. The predicted octanol–water partition coefficient (Wildman–Crippen LogP) is 4.66. The van der Waals surface area contributed by atoms with Gasteiger partial charge in [0.25, 0.3) is 0 Å². The summed E-state index contributed by atoms with van der Waals surface area (Å²) in [6.07, 6.45) is 0.867. The minimum atomic E-state index is -0.248. The predicted molar refractivity (Wildman–Crippen MR) is 110 cm³/mol. The van der Waals surface area contributed by atoms with E-state index in [0.717, 1.165) is 34.6 Å². The third kappa shape index (κ3) is 2.63. The number of allylic oxidation sites excluding steroid dienone is 1. The highest BCUT2D eigenvalue weighted by Crippen LogP contribution is 2.49. The molecule has 138 valence electrons. The standard InChI is InChI=1S/C25H21NO2/c1-28-19-13-11-17(12-14-19)22-21-15-18-9-5-6-10-20(18)24(21)26-25(27)23(22)16-7-3-2-4-8-16/h2-14,22-23H,15H2,1H3,(H,26,27). The highest BCUT2D eigenvalue weighted by Gasteiger charge is 2.42. The molecular formula is C25H21NO2. The van der Waals surface area contributed by atoms with Gasteiger partial charge in [-0.25, -0.2) is 0 Å². The second-order valence-corrected chi connectivity index (χ2v) is 7.36. The number of methoxy groups -OCH3 is 1. The molecule has 1 heterocycles. The highest BCUT2D eigenvalue weighted by molar-refractivity contribution is 5.98. The van der Waals surface area contributed by atoms with E-state index in [4.69, 9.17) is 4.74 Å². The molecule has 3 heteroatoms. The largest absolute Gasteiger partial charge is 0.497 e. The number of carbonyl (C=O) groups excluding carboxylic acids is 1. The molecule has 1 aliphatic carbocycles. The fourth-order valence-electron chi connectivity index (χ4n) is 4.56. The highest BCUT2D eigenvalue weighted by atomic mass is 16.5. The van der Waals surface area contributed by atoms with Crippen molar-refractivity contribution in [2.24, 2.45) is 0 Å². The van der Waals surface area contributed by atoms with Gasteiger partial charge in [-0.2, -0.15) is 0 Å². The molecule has 2 aliphatic rings. The summed E-state index contributed by atoms with van der Waals surface area (Å²) >= 11 is 0. The fraction of sp³-hybridized carbons (Fsp3) is 0.160. The number of nitrogens with one attached hydrogen (secondary N) is 1. The van der Waals surface area contributed by atoms with Gasteiger partial charge in [0.2, 0.25) is 5.91 Å². The molecule has 0 radical (unpaired) electrons. The fourth-order valence-corrected chi connectivity index (χ4v) is 4.56. The summed E-state index contributed by atoms with van der Waals surface area (Å²) in [5.74, 6) is 0.638. The van der Waals surface area contributed by atoms with Gasteiger partial charge in [0.1, 0.15) is 5.75 Å². The Morgan fingerprint density at radius 2 is 1.50 bits per heavy atom. The summed E-state index contributed by atoms with van der Waals surface area (Å²) in [6.45, 7) is 0. The quantitative estimate of drug-likeness (QED) is 0.731. The van der Waals surface area contributed by atoms with Crippen molar-refractivity contribution in [3.8, 4) is 5.75 Å². The molecular weight excluding hydrogens is 346 g/mol. The Kier molecular flexibility index (Phi) is 4.01. The zero-order chi connectivity index (χ0) is 19.1. The summed E-state index contributed by atoms with van der Waals surface area (Å²) < 4.78 is 5.34. The van der Waals surface area contributed by atoms with Crippen molar-refractivity contribution in [1.82, 2.24) is 5.32 Å². The van der Waals surface area contributed by atoms with Gasteiger partial charge >= 0.3 is 0 Å². The van der Waals surface area contributed by atoms with Crippen molar-refractivity contribution >= 4 is 11.6 Å². The molecule has 1 amide bonds. The molecule has 0 saturated heterocycles. The molecule has 3 aromatic rings. The smallest absolute Gasteiger partial charge is 0.232 e. The monoisotopic (exact) mass is 367 g/mol. The van der Waals surface area contributed by atoms with Crippen LogP contribution in [0.4, 0.5) is 0 Å². The lowest BCUT2D eigenvalue weighted by molar-refractivity contribution is -0.122.